The third-order valence-corrected chi connectivity index (χ3v) is 4.76. The first-order valence-electron chi connectivity index (χ1n) is 9.71. The van der Waals surface area contributed by atoms with Crippen LogP contribution in [0.2, 0.25) is 0 Å². The number of hydrogen-bond acceptors (Lipinski definition) is 4. The Hall–Kier alpha value is -3.60. The third kappa shape index (κ3) is 5.47. The predicted molar refractivity (Wildman–Crippen MR) is 118 cm³/mol. The van der Waals surface area contributed by atoms with Gasteiger partial charge < -0.3 is 14.4 Å². The predicted octanol–water partition coefficient (Wildman–Crippen LogP) is 4.45. The molecule has 0 bridgehead atoms. The second kappa shape index (κ2) is 9.74. The number of likely N-dealkylation sites (N-methyl/N-ethyl adjacent to an activating group) is 1. The van der Waals surface area contributed by atoms with Gasteiger partial charge in [0.1, 0.15) is 5.75 Å². The molecule has 5 nitrogen and oxygen atoms in total. The van der Waals surface area contributed by atoms with Crippen LogP contribution in [0, 0.1) is 0 Å². The second-order valence-electron chi connectivity index (χ2n) is 7.06. The number of methoxy groups -OCH3 is 1. The molecule has 0 saturated carbocycles. The Bertz CT molecular complexity index is 1060. The Morgan fingerprint density at radius 3 is 2.43 bits per heavy atom. The van der Waals surface area contributed by atoms with Crippen molar-refractivity contribution in [1.82, 2.24) is 4.90 Å². The molecule has 0 aromatic heterocycles. The molecule has 1 amide bonds. The molecule has 0 aliphatic heterocycles. The Balaban J connectivity index is 1.58. The van der Waals surface area contributed by atoms with Crippen LogP contribution >= 0.6 is 0 Å². The summed E-state index contributed by atoms with van der Waals surface area (Å²) in [6.07, 6.45) is 2.16. The Kier molecular flexibility index (Phi) is 6.86. The minimum Gasteiger partial charge on any atom is -0.497 e. The molecular formula is C25H25NO4. The zero-order chi connectivity index (χ0) is 21.5. The number of nitrogens with zero attached hydrogens (tertiary/aromatic N) is 1. The van der Waals surface area contributed by atoms with E-state index in [1.54, 1.807) is 32.1 Å². The van der Waals surface area contributed by atoms with E-state index in [-0.39, 0.29) is 5.91 Å². The van der Waals surface area contributed by atoms with Gasteiger partial charge in [0, 0.05) is 19.7 Å². The summed E-state index contributed by atoms with van der Waals surface area (Å²) in [5, 5.41) is 2.09. The summed E-state index contributed by atoms with van der Waals surface area (Å²) in [4.78, 5) is 26.2. The van der Waals surface area contributed by atoms with Crippen molar-refractivity contribution in [3.05, 3.63) is 83.9 Å². The number of carbonyl (C=O) groups is 2. The molecule has 0 aliphatic rings. The van der Waals surface area contributed by atoms with Gasteiger partial charge in [-0.25, -0.2) is 4.79 Å². The van der Waals surface area contributed by atoms with E-state index in [9.17, 15) is 9.59 Å². The fourth-order valence-electron chi connectivity index (χ4n) is 3.15. The number of fused-ring (bicyclic) bond motifs is 1. The number of hydrogen-bond donors (Lipinski definition) is 0. The van der Waals surface area contributed by atoms with Crippen molar-refractivity contribution in [3.8, 4) is 5.75 Å². The molecule has 0 fully saturated rings. The van der Waals surface area contributed by atoms with Gasteiger partial charge in [-0.3, -0.25) is 4.79 Å². The maximum Gasteiger partial charge on any atom is 0.331 e. The highest BCUT2D eigenvalue weighted by molar-refractivity contribution is 5.92. The first-order valence-corrected chi connectivity index (χ1v) is 9.71. The fraction of sp³-hybridized carbons (Fsp3) is 0.200. The zero-order valence-electron chi connectivity index (χ0n) is 17.4. The van der Waals surface area contributed by atoms with Gasteiger partial charge in [0.05, 0.1) is 7.11 Å². The highest BCUT2D eigenvalue weighted by Crippen LogP contribution is 2.22. The van der Waals surface area contributed by atoms with Crippen molar-refractivity contribution in [3.63, 3.8) is 0 Å². The molecule has 0 saturated heterocycles. The average Bonchev–Trinajstić information content (AvgIpc) is 2.77. The summed E-state index contributed by atoms with van der Waals surface area (Å²) in [5.41, 5.74) is 1.88. The lowest BCUT2D eigenvalue weighted by Gasteiger charge is -2.21. The van der Waals surface area contributed by atoms with E-state index in [4.69, 9.17) is 9.47 Å². The molecule has 3 aromatic rings. The monoisotopic (exact) mass is 403 g/mol. The largest absolute Gasteiger partial charge is 0.497 e. The van der Waals surface area contributed by atoms with E-state index in [2.05, 4.69) is 0 Å². The quantitative estimate of drug-likeness (QED) is 0.432. The van der Waals surface area contributed by atoms with E-state index < -0.39 is 12.1 Å². The molecule has 0 spiro atoms. The van der Waals surface area contributed by atoms with E-state index in [1.165, 1.54) is 6.08 Å². The van der Waals surface area contributed by atoms with Gasteiger partial charge in [-0.15, -0.1) is 0 Å². The molecule has 3 aromatic carbocycles. The van der Waals surface area contributed by atoms with Crippen LogP contribution in [0.4, 0.5) is 0 Å². The number of ether oxygens (including phenoxy) is 2. The summed E-state index contributed by atoms with van der Waals surface area (Å²) in [6.45, 7) is 2.04. The van der Waals surface area contributed by atoms with Crippen molar-refractivity contribution in [2.45, 2.75) is 19.6 Å². The minimum absolute atomic E-state index is 0.250. The molecule has 30 heavy (non-hydrogen) atoms. The van der Waals surface area contributed by atoms with Crippen LogP contribution in [0.1, 0.15) is 18.1 Å². The van der Waals surface area contributed by atoms with Gasteiger partial charge in [-0.05, 0) is 53.1 Å². The van der Waals surface area contributed by atoms with Crippen molar-refractivity contribution in [1.29, 1.82) is 0 Å². The van der Waals surface area contributed by atoms with E-state index in [0.29, 0.717) is 6.54 Å². The van der Waals surface area contributed by atoms with Gasteiger partial charge in [0.25, 0.3) is 5.91 Å². The van der Waals surface area contributed by atoms with Crippen LogP contribution < -0.4 is 4.74 Å². The molecule has 154 valence electrons. The SMILES string of the molecule is COc1ccc2cc(/C=C/C(=O)O[C@H](C)C(=O)N(C)Cc3ccccc3)ccc2c1. The van der Waals surface area contributed by atoms with Gasteiger partial charge in [0.2, 0.25) is 0 Å². The van der Waals surface area contributed by atoms with E-state index >= 15 is 0 Å². The van der Waals surface area contributed by atoms with Crippen molar-refractivity contribution >= 4 is 28.7 Å². The van der Waals surface area contributed by atoms with Crippen LogP contribution in [0.25, 0.3) is 16.8 Å². The van der Waals surface area contributed by atoms with Crippen LogP contribution in [0.15, 0.2) is 72.8 Å². The first kappa shape index (κ1) is 21.1. The lowest BCUT2D eigenvalue weighted by molar-refractivity contribution is -0.154. The van der Waals surface area contributed by atoms with Gasteiger partial charge >= 0.3 is 5.97 Å². The van der Waals surface area contributed by atoms with E-state index in [1.807, 2.05) is 66.7 Å². The highest BCUT2D eigenvalue weighted by Gasteiger charge is 2.20. The van der Waals surface area contributed by atoms with Crippen LogP contribution in [-0.2, 0) is 20.9 Å². The van der Waals surface area contributed by atoms with Gasteiger partial charge in [-0.1, -0.05) is 48.5 Å². The molecule has 0 aliphatic carbocycles. The molecule has 0 radical (unpaired) electrons. The molecule has 0 heterocycles. The highest BCUT2D eigenvalue weighted by atomic mass is 16.5. The standard InChI is InChI=1S/C25H25NO4/c1-18(25(28)26(2)17-20-7-5-4-6-8-20)30-24(27)14-10-19-9-11-22-16-23(29-3)13-12-21(22)15-19/h4-16,18H,17H2,1-3H3/b14-10+/t18-/m1/s1. The summed E-state index contributed by atoms with van der Waals surface area (Å²) in [7, 11) is 3.33. The summed E-state index contributed by atoms with van der Waals surface area (Å²) in [6, 6.07) is 21.3. The first-order chi connectivity index (χ1) is 14.5. The maximum absolute atomic E-state index is 12.5. The van der Waals surface area contributed by atoms with Crippen LogP contribution in [-0.4, -0.2) is 37.0 Å². The molecule has 1 atom stereocenters. The Morgan fingerprint density at radius 2 is 1.70 bits per heavy atom. The minimum atomic E-state index is -0.861. The number of rotatable bonds is 7. The Labute approximate surface area is 176 Å². The topological polar surface area (TPSA) is 55.8 Å². The molecule has 3 rings (SSSR count). The van der Waals surface area contributed by atoms with Crippen LogP contribution in [0.5, 0.6) is 5.75 Å². The fourth-order valence-corrected chi connectivity index (χ4v) is 3.15. The molecule has 0 unspecified atom stereocenters. The Morgan fingerprint density at radius 1 is 1.00 bits per heavy atom. The van der Waals surface area contributed by atoms with Gasteiger partial charge in [0.15, 0.2) is 6.10 Å². The smallest absolute Gasteiger partial charge is 0.331 e. The average molecular weight is 403 g/mol. The number of carbonyl (C=O) groups excluding carboxylic acids is 2. The lowest BCUT2D eigenvalue weighted by atomic mass is 10.1. The van der Waals surface area contributed by atoms with Crippen molar-refractivity contribution in [2.75, 3.05) is 14.2 Å². The summed E-state index contributed by atoms with van der Waals surface area (Å²) >= 11 is 0. The molecular weight excluding hydrogens is 378 g/mol. The zero-order valence-corrected chi connectivity index (χ0v) is 17.4. The molecule has 5 heteroatoms. The van der Waals surface area contributed by atoms with Crippen molar-refractivity contribution < 1.29 is 19.1 Å². The lowest BCUT2D eigenvalue weighted by Crippen LogP contribution is -2.36. The normalized spacial score (nSPS) is 12.0. The number of benzene rings is 3. The van der Waals surface area contributed by atoms with Gasteiger partial charge in [-0.2, -0.15) is 0 Å². The third-order valence-electron chi connectivity index (χ3n) is 4.76. The summed E-state index contributed by atoms with van der Waals surface area (Å²) < 4.78 is 10.5. The maximum atomic E-state index is 12.5. The van der Waals surface area contributed by atoms with Crippen molar-refractivity contribution in [2.24, 2.45) is 0 Å². The molecule has 0 N–H and O–H groups in total. The van der Waals surface area contributed by atoms with Crippen LogP contribution in [0.3, 0.4) is 0 Å². The summed E-state index contributed by atoms with van der Waals surface area (Å²) in [5.74, 6) is -0.00991. The number of esters is 1. The van der Waals surface area contributed by atoms with E-state index in [0.717, 1.165) is 27.6 Å². The number of amides is 1. The second-order valence-corrected chi connectivity index (χ2v) is 7.06.